The lowest BCUT2D eigenvalue weighted by Crippen LogP contribution is -2.03. The maximum atomic E-state index is 12.4. The molecule has 0 aliphatic rings. The highest BCUT2D eigenvalue weighted by molar-refractivity contribution is 6.32. The van der Waals surface area contributed by atoms with Gasteiger partial charge in [0.25, 0.3) is 0 Å². The minimum absolute atomic E-state index is 0.0830. The van der Waals surface area contributed by atoms with Gasteiger partial charge in [-0.1, -0.05) is 16.8 Å². The number of alkyl halides is 2. The van der Waals surface area contributed by atoms with E-state index in [2.05, 4.69) is 20.0 Å². The molecule has 3 rings (SSSR count). The summed E-state index contributed by atoms with van der Waals surface area (Å²) in [6.45, 7) is -0.887. The molecule has 1 aromatic carbocycles. The summed E-state index contributed by atoms with van der Waals surface area (Å²) in [6.07, 6.45) is 3.24. The predicted octanol–water partition coefficient (Wildman–Crippen LogP) is 3.80. The minimum atomic E-state index is -2.96. The highest BCUT2D eigenvalue weighted by Crippen LogP contribution is 2.28. The van der Waals surface area contributed by atoms with Crippen LogP contribution in [-0.4, -0.2) is 26.6 Å². The first-order valence-electron chi connectivity index (χ1n) is 7.22. The average molecular weight is 367 g/mol. The van der Waals surface area contributed by atoms with Crippen LogP contribution >= 0.6 is 11.6 Å². The summed E-state index contributed by atoms with van der Waals surface area (Å²) in [5.74, 6) is 0.479. The molecule has 0 N–H and O–H groups in total. The smallest absolute Gasteiger partial charge is 0.387 e. The lowest BCUT2D eigenvalue weighted by molar-refractivity contribution is -0.0497. The highest BCUT2D eigenvalue weighted by Gasteiger charge is 2.11. The Kier molecular flexibility index (Phi) is 5.08. The largest absolute Gasteiger partial charge is 0.486 e. The van der Waals surface area contributed by atoms with Gasteiger partial charge in [-0.05, 0) is 31.2 Å². The Hall–Kier alpha value is -2.74. The predicted molar refractivity (Wildman–Crippen MR) is 86.3 cm³/mol. The van der Waals surface area contributed by atoms with E-state index >= 15 is 0 Å². The van der Waals surface area contributed by atoms with E-state index in [0.29, 0.717) is 17.1 Å². The normalized spacial score (nSPS) is 10.9. The van der Waals surface area contributed by atoms with Crippen molar-refractivity contribution in [1.82, 2.24) is 20.0 Å². The zero-order valence-corrected chi connectivity index (χ0v) is 13.8. The van der Waals surface area contributed by atoms with Crippen LogP contribution in [-0.2, 0) is 6.61 Å². The van der Waals surface area contributed by atoms with Gasteiger partial charge >= 0.3 is 6.61 Å². The Bertz CT molecular complexity index is 856. The van der Waals surface area contributed by atoms with Crippen molar-refractivity contribution in [3.05, 3.63) is 59.1 Å². The van der Waals surface area contributed by atoms with Gasteiger partial charge in [-0.2, -0.15) is 8.78 Å². The molecule has 130 valence electrons. The molecule has 2 aromatic heterocycles. The number of hydrogen-bond donors (Lipinski definition) is 0. The number of rotatable bonds is 6. The van der Waals surface area contributed by atoms with Crippen molar-refractivity contribution in [2.24, 2.45) is 0 Å². The molecule has 0 aliphatic heterocycles. The number of benzene rings is 1. The number of nitrogens with zero attached hydrogens (tertiary/aromatic N) is 4. The van der Waals surface area contributed by atoms with Crippen molar-refractivity contribution in [3.8, 4) is 17.2 Å². The van der Waals surface area contributed by atoms with Gasteiger partial charge in [0.15, 0.2) is 0 Å². The second-order valence-electron chi connectivity index (χ2n) is 5.07. The quantitative estimate of drug-likeness (QED) is 0.664. The first-order valence-corrected chi connectivity index (χ1v) is 7.60. The number of hydrogen-bond acceptors (Lipinski definition) is 5. The van der Waals surface area contributed by atoms with Crippen molar-refractivity contribution in [1.29, 1.82) is 0 Å². The van der Waals surface area contributed by atoms with Gasteiger partial charge < -0.3 is 9.47 Å². The number of aromatic nitrogens is 4. The molecule has 0 amide bonds. The molecule has 0 unspecified atom stereocenters. The Balaban J connectivity index is 1.71. The summed E-state index contributed by atoms with van der Waals surface area (Å²) in [7, 11) is 0. The maximum Gasteiger partial charge on any atom is 0.387 e. The van der Waals surface area contributed by atoms with E-state index in [4.69, 9.17) is 16.3 Å². The Morgan fingerprint density at radius 2 is 2.08 bits per heavy atom. The summed E-state index contributed by atoms with van der Waals surface area (Å²) in [6, 6.07) is 8.07. The second-order valence-corrected chi connectivity index (χ2v) is 5.48. The lowest BCUT2D eigenvalue weighted by atomic mass is 10.3. The summed E-state index contributed by atoms with van der Waals surface area (Å²) in [4.78, 5) is 4.13. The van der Waals surface area contributed by atoms with E-state index in [1.807, 2.05) is 13.0 Å². The van der Waals surface area contributed by atoms with Crippen molar-refractivity contribution in [3.63, 3.8) is 0 Å². The van der Waals surface area contributed by atoms with Gasteiger partial charge in [-0.25, -0.2) is 4.68 Å². The first kappa shape index (κ1) is 17.1. The molecule has 0 bridgehead atoms. The van der Waals surface area contributed by atoms with Gasteiger partial charge in [0.1, 0.15) is 23.8 Å². The van der Waals surface area contributed by atoms with Crippen LogP contribution < -0.4 is 9.47 Å². The lowest BCUT2D eigenvalue weighted by Gasteiger charge is -2.08. The van der Waals surface area contributed by atoms with Crippen LogP contribution in [0.15, 0.2) is 42.7 Å². The Morgan fingerprint density at radius 3 is 2.80 bits per heavy atom. The van der Waals surface area contributed by atoms with E-state index in [1.165, 1.54) is 16.8 Å². The average Bonchev–Trinajstić information content (AvgIpc) is 3.05. The molecule has 0 aliphatic carbocycles. The van der Waals surface area contributed by atoms with Crippen LogP contribution in [0.1, 0.15) is 11.4 Å². The van der Waals surface area contributed by atoms with Crippen LogP contribution in [0.5, 0.6) is 11.5 Å². The van der Waals surface area contributed by atoms with Crippen LogP contribution in [0.4, 0.5) is 8.78 Å². The van der Waals surface area contributed by atoms with E-state index in [-0.39, 0.29) is 17.4 Å². The van der Waals surface area contributed by atoms with Gasteiger partial charge in [0, 0.05) is 11.8 Å². The molecule has 0 spiro atoms. The molecule has 6 nitrogen and oxygen atoms in total. The highest BCUT2D eigenvalue weighted by atomic mass is 35.5. The van der Waals surface area contributed by atoms with Crippen molar-refractivity contribution < 1.29 is 18.3 Å². The number of ether oxygens (including phenoxy) is 2. The molecule has 3 aromatic rings. The Morgan fingerprint density at radius 1 is 1.24 bits per heavy atom. The number of pyridine rings is 1. The Labute approximate surface area is 147 Å². The third-order valence-corrected chi connectivity index (χ3v) is 3.52. The van der Waals surface area contributed by atoms with Crippen molar-refractivity contribution >= 4 is 11.6 Å². The third-order valence-electron chi connectivity index (χ3n) is 3.21. The molecule has 0 atom stereocenters. The molecule has 0 saturated heterocycles. The fourth-order valence-corrected chi connectivity index (χ4v) is 2.17. The molecule has 2 heterocycles. The van der Waals surface area contributed by atoms with Crippen LogP contribution in [0.25, 0.3) is 5.69 Å². The van der Waals surface area contributed by atoms with Gasteiger partial charge in [-0.15, -0.1) is 5.10 Å². The number of aryl methyl sites for hydroxylation is 1. The SMILES string of the molecule is Cc1ccc(OCc2cn(-c3ccc(Cl)c(OC(F)F)c3)nn2)cn1. The summed E-state index contributed by atoms with van der Waals surface area (Å²) >= 11 is 5.83. The van der Waals surface area contributed by atoms with E-state index in [9.17, 15) is 8.78 Å². The minimum Gasteiger partial charge on any atom is -0.486 e. The number of halogens is 3. The van der Waals surface area contributed by atoms with Crippen LogP contribution in [0.2, 0.25) is 5.02 Å². The molecule has 0 saturated carbocycles. The van der Waals surface area contributed by atoms with Crippen molar-refractivity contribution in [2.75, 3.05) is 0 Å². The zero-order valence-electron chi connectivity index (χ0n) is 13.1. The first-order chi connectivity index (χ1) is 12.0. The molecule has 0 radical (unpaired) electrons. The van der Waals surface area contributed by atoms with E-state index in [0.717, 1.165) is 5.69 Å². The van der Waals surface area contributed by atoms with E-state index < -0.39 is 6.61 Å². The molecule has 9 heteroatoms. The second kappa shape index (κ2) is 7.43. The fourth-order valence-electron chi connectivity index (χ4n) is 2.01. The van der Waals surface area contributed by atoms with Crippen molar-refractivity contribution in [2.45, 2.75) is 20.1 Å². The molecule has 25 heavy (non-hydrogen) atoms. The fraction of sp³-hybridized carbons (Fsp3) is 0.188. The third kappa shape index (κ3) is 4.42. The van der Waals surface area contributed by atoms with Gasteiger partial charge in [0.2, 0.25) is 0 Å². The zero-order chi connectivity index (χ0) is 17.8. The summed E-state index contributed by atoms with van der Waals surface area (Å²) in [5, 5.41) is 8.01. The van der Waals surface area contributed by atoms with Gasteiger partial charge in [-0.3, -0.25) is 4.98 Å². The topological polar surface area (TPSA) is 62.1 Å². The standard InChI is InChI=1S/C16H13ClF2N4O2/c1-10-2-4-13(7-20-10)24-9-11-8-23(22-21-11)12-3-5-14(17)15(6-12)25-16(18)19/h2-8,16H,9H2,1H3. The van der Waals surface area contributed by atoms with Crippen LogP contribution in [0, 0.1) is 6.92 Å². The maximum absolute atomic E-state index is 12.4. The van der Waals surface area contributed by atoms with Gasteiger partial charge in [0.05, 0.1) is 23.1 Å². The summed E-state index contributed by atoms with van der Waals surface area (Å²) in [5.41, 5.74) is 1.94. The summed E-state index contributed by atoms with van der Waals surface area (Å²) < 4.78 is 36.1. The molecular formula is C16H13ClF2N4O2. The van der Waals surface area contributed by atoms with E-state index in [1.54, 1.807) is 24.5 Å². The molecule has 0 fully saturated rings. The monoisotopic (exact) mass is 366 g/mol. The molecular weight excluding hydrogens is 354 g/mol. The van der Waals surface area contributed by atoms with Crippen LogP contribution in [0.3, 0.4) is 0 Å².